The Balaban J connectivity index is 1.29. The molecular weight excluding hydrogens is 428 g/mol. The van der Waals surface area contributed by atoms with Gasteiger partial charge in [-0.15, -0.1) is 10.2 Å². The monoisotopic (exact) mass is 452 g/mol. The maximum atomic E-state index is 12.8. The Morgan fingerprint density at radius 1 is 1.00 bits per heavy atom. The van der Waals surface area contributed by atoms with Crippen molar-refractivity contribution in [1.82, 2.24) is 14.8 Å². The fourth-order valence-electron chi connectivity index (χ4n) is 3.89. The minimum atomic E-state index is -0.184. The molecule has 0 fully saturated rings. The van der Waals surface area contributed by atoms with Gasteiger partial charge in [0.15, 0.2) is 0 Å². The number of hydrogen-bond donors (Lipinski definition) is 1. The van der Waals surface area contributed by atoms with Crippen molar-refractivity contribution in [3.8, 4) is 22.9 Å². The normalized spacial score (nSPS) is 11.1. The quantitative estimate of drug-likeness (QED) is 0.349. The van der Waals surface area contributed by atoms with Crippen LogP contribution in [0.5, 0.6) is 0 Å². The molecule has 5 rings (SSSR count). The van der Waals surface area contributed by atoms with Crippen LogP contribution >= 0.6 is 0 Å². The van der Waals surface area contributed by atoms with Crippen molar-refractivity contribution < 1.29 is 13.9 Å². The lowest BCUT2D eigenvalue weighted by Gasteiger charge is -2.08. The van der Waals surface area contributed by atoms with Crippen LogP contribution in [0.15, 0.2) is 83.4 Å². The van der Waals surface area contributed by atoms with E-state index in [-0.39, 0.29) is 5.91 Å². The summed E-state index contributed by atoms with van der Waals surface area (Å²) in [5, 5.41) is 12.4. The van der Waals surface area contributed by atoms with Crippen LogP contribution in [-0.4, -0.2) is 34.4 Å². The van der Waals surface area contributed by atoms with E-state index >= 15 is 0 Å². The number of amides is 1. The molecule has 0 unspecified atom stereocenters. The molecule has 7 heteroatoms. The molecule has 0 atom stereocenters. The number of anilines is 1. The number of rotatable bonds is 7. The molecule has 3 aromatic carbocycles. The predicted molar refractivity (Wildman–Crippen MR) is 132 cm³/mol. The van der Waals surface area contributed by atoms with Crippen LogP contribution in [0, 0.1) is 6.92 Å². The first-order valence-electron chi connectivity index (χ1n) is 11.0. The van der Waals surface area contributed by atoms with E-state index in [1.807, 2.05) is 73.8 Å². The van der Waals surface area contributed by atoms with Crippen LogP contribution in [-0.2, 0) is 11.3 Å². The van der Waals surface area contributed by atoms with E-state index < -0.39 is 0 Å². The van der Waals surface area contributed by atoms with Gasteiger partial charge in [-0.25, -0.2) is 0 Å². The zero-order valence-corrected chi connectivity index (χ0v) is 19.0. The third kappa shape index (κ3) is 4.33. The largest absolute Gasteiger partial charge is 0.416 e. The van der Waals surface area contributed by atoms with Crippen molar-refractivity contribution in [2.24, 2.45) is 0 Å². The molecule has 2 heterocycles. The molecule has 0 saturated heterocycles. The van der Waals surface area contributed by atoms with Crippen molar-refractivity contribution in [2.45, 2.75) is 13.5 Å². The molecule has 0 radical (unpaired) electrons. The second-order valence-electron chi connectivity index (χ2n) is 8.03. The predicted octanol–water partition coefficient (Wildman–Crippen LogP) is 5.57. The van der Waals surface area contributed by atoms with Crippen LogP contribution in [0.3, 0.4) is 0 Å². The Morgan fingerprint density at radius 3 is 2.59 bits per heavy atom. The summed E-state index contributed by atoms with van der Waals surface area (Å²) in [6.07, 6.45) is 2.02. The van der Waals surface area contributed by atoms with Crippen LogP contribution in [0.4, 0.5) is 5.69 Å². The fraction of sp³-hybridized carbons (Fsp3) is 0.148. The lowest BCUT2D eigenvalue weighted by Crippen LogP contribution is -2.11. The molecule has 2 aromatic heterocycles. The van der Waals surface area contributed by atoms with Crippen molar-refractivity contribution >= 4 is 22.5 Å². The van der Waals surface area contributed by atoms with Gasteiger partial charge in [-0.2, -0.15) is 0 Å². The highest BCUT2D eigenvalue weighted by Gasteiger charge is 2.13. The molecule has 7 nitrogen and oxygen atoms in total. The molecule has 0 aliphatic carbocycles. The first kappa shape index (κ1) is 21.6. The summed E-state index contributed by atoms with van der Waals surface area (Å²) in [5.41, 5.74) is 5.11. The van der Waals surface area contributed by atoms with Gasteiger partial charge in [0.2, 0.25) is 11.8 Å². The van der Waals surface area contributed by atoms with Crippen molar-refractivity contribution in [2.75, 3.05) is 19.0 Å². The first-order valence-corrected chi connectivity index (χ1v) is 11.0. The minimum absolute atomic E-state index is 0.184. The Bertz CT molecular complexity index is 1450. The number of fused-ring (bicyclic) bond motifs is 1. The van der Waals surface area contributed by atoms with E-state index in [1.54, 1.807) is 19.2 Å². The lowest BCUT2D eigenvalue weighted by molar-refractivity contribution is 0.102. The van der Waals surface area contributed by atoms with Crippen LogP contribution in [0.2, 0.25) is 0 Å². The highest BCUT2D eigenvalue weighted by Crippen LogP contribution is 2.26. The van der Waals surface area contributed by atoms with Crippen LogP contribution in [0.1, 0.15) is 15.9 Å². The number of aryl methyl sites for hydroxylation is 1. The van der Waals surface area contributed by atoms with Gasteiger partial charge in [0, 0.05) is 53.1 Å². The van der Waals surface area contributed by atoms with E-state index in [4.69, 9.17) is 9.15 Å². The van der Waals surface area contributed by atoms with Crippen molar-refractivity contribution in [3.05, 3.63) is 90.1 Å². The Labute approximate surface area is 197 Å². The van der Waals surface area contributed by atoms with E-state index in [9.17, 15) is 4.79 Å². The van der Waals surface area contributed by atoms with E-state index in [0.29, 0.717) is 24.0 Å². The third-order valence-corrected chi connectivity index (χ3v) is 5.76. The van der Waals surface area contributed by atoms with Gasteiger partial charge in [-0.3, -0.25) is 4.79 Å². The van der Waals surface area contributed by atoms with Gasteiger partial charge in [0.05, 0.1) is 6.61 Å². The summed E-state index contributed by atoms with van der Waals surface area (Å²) in [4.78, 5) is 12.8. The van der Waals surface area contributed by atoms with Crippen molar-refractivity contribution in [3.63, 3.8) is 0 Å². The molecule has 5 aromatic rings. The number of carbonyl (C=O) groups excluding carboxylic acids is 1. The summed E-state index contributed by atoms with van der Waals surface area (Å²) < 4.78 is 13.2. The summed E-state index contributed by atoms with van der Waals surface area (Å²) >= 11 is 0. The first-order chi connectivity index (χ1) is 16.6. The molecule has 1 N–H and O–H groups in total. The average Bonchev–Trinajstić information content (AvgIpc) is 3.50. The molecule has 0 bridgehead atoms. The zero-order chi connectivity index (χ0) is 23.5. The SMILES string of the molecule is COCCn1ccc2cc(NC(=O)c3ccc(-c4nnc(-c5ccccc5C)o4)cc3)ccc21. The highest BCUT2D eigenvalue weighted by atomic mass is 16.5. The smallest absolute Gasteiger partial charge is 0.255 e. The second-order valence-corrected chi connectivity index (χ2v) is 8.03. The summed E-state index contributed by atoms with van der Waals surface area (Å²) in [5.74, 6) is 0.700. The number of nitrogens with zero attached hydrogens (tertiary/aromatic N) is 3. The van der Waals surface area contributed by atoms with Gasteiger partial charge in [0.25, 0.3) is 5.91 Å². The van der Waals surface area contributed by atoms with Crippen LogP contribution < -0.4 is 5.32 Å². The molecule has 34 heavy (non-hydrogen) atoms. The number of hydrogen-bond acceptors (Lipinski definition) is 5. The number of carbonyl (C=O) groups is 1. The number of methoxy groups -OCH3 is 1. The Kier molecular flexibility index (Phi) is 5.93. The lowest BCUT2D eigenvalue weighted by atomic mass is 10.1. The molecule has 0 aliphatic heterocycles. The number of aromatic nitrogens is 3. The highest BCUT2D eigenvalue weighted by molar-refractivity contribution is 6.05. The van der Waals surface area contributed by atoms with Gasteiger partial charge in [-0.05, 0) is 67.1 Å². The molecule has 170 valence electrons. The van der Waals surface area contributed by atoms with E-state index in [1.165, 1.54) is 0 Å². The van der Waals surface area contributed by atoms with Crippen molar-refractivity contribution in [1.29, 1.82) is 0 Å². The van der Waals surface area contributed by atoms with Gasteiger partial charge in [0.1, 0.15) is 0 Å². The molecule has 0 spiro atoms. The molecule has 1 amide bonds. The summed E-state index contributed by atoms with van der Waals surface area (Å²) in [7, 11) is 1.69. The molecular formula is C27H24N4O3. The maximum Gasteiger partial charge on any atom is 0.255 e. The van der Waals surface area contributed by atoms with Crippen LogP contribution in [0.25, 0.3) is 33.8 Å². The van der Waals surface area contributed by atoms with Gasteiger partial charge >= 0.3 is 0 Å². The third-order valence-electron chi connectivity index (χ3n) is 5.76. The molecule has 0 aliphatic rings. The second kappa shape index (κ2) is 9.33. The van der Waals surface area contributed by atoms with Gasteiger partial charge < -0.3 is 19.0 Å². The Hall–Kier alpha value is -4.23. The minimum Gasteiger partial charge on any atom is -0.416 e. The standard InChI is InChI=1S/C27H24N4O3/c1-18-5-3-4-6-23(18)27-30-29-26(34-27)20-9-7-19(8-10-20)25(32)28-22-11-12-24-21(17-22)13-14-31(24)15-16-33-2/h3-14,17H,15-16H2,1-2H3,(H,28,32). The fourth-order valence-corrected chi connectivity index (χ4v) is 3.89. The Morgan fingerprint density at radius 2 is 1.79 bits per heavy atom. The summed E-state index contributed by atoms with van der Waals surface area (Å²) in [6, 6.07) is 22.9. The average molecular weight is 453 g/mol. The summed E-state index contributed by atoms with van der Waals surface area (Å²) in [6.45, 7) is 3.43. The topological polar surface area (TPSA) is 82.2 Å². The molecule has 0 saturated carbocycles. The van der Waals surface area contributed by atoms with Gasteiger partial charge in [-0.1, -0.05) is 18.2 Å². The van der Waals surface area contributed by atoms with E-state index in [0.717, 1.165) is 39.8 Å². The number of benzene rings is 3. The maximum absolute atomic E-state index is 12.8. The zero-order valence-electron chi connectivity index (χ0n) is 19.0. The van der Waals surface area contributed by atoms with E-state index in [2.05, 4.69) is 20.1 Å². The number of ether oxygens (including phenoxy) is 1. The number of nitrogens with one attached hydrogen (secondary N) is 1.